The number of benzene rings is 1. The van der Waals surface area contributed by atoms with Crippen LogP contribution in [0.1, 0.15) is 19.4 Å². The largest absolute Gasteiger partial charge is 0.487 e. The highest BCUT2D eigenvalue weighted by molar-refractivity contribution is 7.86. The summed E-state index contributed by atoms with van der Waals surface area (Å²) in [5, 5.41) is 0. The number of fused-ring (bicyclic) bond motifs is 1. The second-order valence-electron chi connectivity index (χ2n) is 4.60. The molecule has 0 N–H and O–H groups in total. The summed E-state index contributed by atoms with van der Waals surface area (Å²) in [7, 11) is -3.48. The number of ether oxygens (including phenoxy) is 1. The van der Waals surface area contributed by atoms with E-state index in [2.05, 4.69) is 0 Å². The molecule has 1 aliphatic rings. The molecular formula is C11H14O4S. The average Bonchev–Trinajstić information content (AvgIpc) is 2.34. The van der Waals surface area contributed by atoms with Crippen molar-refractivity contribution in [3.8, 4) is 11.5 Å². The Hall–Kier alpha value is -1.23. The van der Waals surface area contributed by atoms with Crippen LogP contribution in [0.25, 0.3) is 0 Å². The molecule has 0 fully saturated rings. The van der Waals surface area contributed by atoms with Crippen LogP contribution in [0.15, 0.2) is 18.2 Å². The molecule has 2 rings (SSSR count). The molecule has 0 saturated heterocycles. The van der Waals surface area contributed by atoms with Crippen LogP contribution < -0.4 is 8.92 Å². The first-order valence-corrected chi connectivity index (χ1v) is 6.78. The fourth-order valence-electron chi connectivity index (χ4n) is 1.79. The highest BCUT2D eigenvalue weighted by Crippen LogP contribution is 2.37. The molecule has 0 bridgehead atoms. The summed E-state index contributed by atoms with van der Waals surface area (Å²) in [6, 6.07) is 5.10. The van der Waals surface area contributed by atoms with Gasteiger partial charge in [-0.05, 0) is 25.5 Å². The standard InChI is InChI=1S/C11H14O4S/c1-11(2)7-8-4-5-9(6-10(8)14-11)15-16(3,12)13/h4-6H,7H2,1-3H3. The summed E-state index contributed by atoms with van der Waals surface area (Å²) in [6.07, 6.45) is 1.84. The SMILES string of the molecule is CC1(C)Cc2ccc(OS(C)(=O)=O)cc2O1. The highest BCUT2D eigenvalue weighted by Gasteiger charge is 2.30. The van der Waals surface area contributed by atoms with Gasteiger partial charge in [0.15, 0.2) is 0 Å². The lowest BCUT2D eigenvalue weighted by molar-refractivity contribution is 0.138. The zero-order valence-corrected chi connectivity index (χ0v) is 10.3. The quantitative estimate of drug-likeness (QED) is 0.741. The predicted octanol–water partition coefficient (Wildman–Crippen LogP) is 1.74. The fraction of sp³-hybridized carbons (Fsp3) is 0.455. The van der Waals surface area contributed by atoms with Crippen molar-refractivity contribution >= 4 is 10.1 Å². The van der Waals surface area contributed by atoms with E-state index in [1.54, 1.807) is 12.1 Å². The molecule has 1 aromatic carbocycles. The van der Waals surface area contributed by atoms with Gasteiger partial charge in [0, 0.05) is 12.5 Å². The number of rotatable bonds is 2. The van der Waals surface area contributed by atoms with E-state index >= 15 is 0 Å². The molecule has 1 heterocycles. The maximum absolute atomic E-state index is 11.0. The minimum Gasteiger partial charge on any atom is -0.487 e. The topological polar surface area (TPSA) is 52.6 Å². The molecule has 0 aromatic heterocycles. The normalized spacial score (nSPS) is 17.7. The molecule has 1 aromatic rings. The minimum atomic E-state index is -3.48. The first-order chi connectivity index (χ1) is 7.25. The lowest BCUT2D eigenvalue weighted by Crippen LogP contribution is -2.24. The van der Waals surface area contributed by atoms with Crippen molar-refractivity contribution in [1.29, 1.82) is 0 Å². The first-order valence-electron chi connectivity index (χ1n) is 4.97. The smallest absolute Gasteiger partial charge is 0.306 e. The zero-order valence-electron chi connectivity index (χ0n) is 9.48. The average molecular weight is 242 g/mol. The van der Waals surface area contributed by atoms with Crippen LogP contribution in [0, 0.1) is 0 Å². The van der Waals surface area contributed by atoms with Crippen LogP contribution in [-0.4, -0.2) is 20.3 Å². The minimum absolute atomic E-state index is 0.230. The van der Waals surface area contributed by atoms with Gasteiger partial charge in [-0.3, -0.25) is 0 Å². The first kappa shape index (κ1) is 11.3. The maximum Gasteiger partial charge on any atom is 0.306 e. The molecule has 88 valence electrons. The van der Waals surface area contributed by atoms with Gasteiger partial charge in [0.2, 0.25) is 0 Å². The van der Waals surface area contributed by atoms with Gasteiger partial charge in [0.05, 0.1) is 6.26 Å². The third-order valence-electron chi connectivity index (χ3n) is 2.29. The Bertz CT molecular complexity index is 517. The van der Waals surface area contributed by atoms with E-state index in [1.165, 1.54) is 0 Å². The summed E-state index contributed by atoms with van der Waals surface area (Å²) in [4.78, 5) is 0. The van der Waals surface area contributed by atoms with Crippen LogP contribution >= 0.6 is 0 Å². The van der Waals surface area contributed by atoms with E-state index in [9.17, 15) is 8.42 Å². The van der Waals surface area contributed by atoms with E-state index < -0.39 is 10.1 Å². The molecule has 16 heavy (non-hydrogen) atoms. The van der Waals surface area contributed by atoms with Crippen LogP contribution in [0.3, 0.4) is 0 Å². The van der Waals surface area contributed by atoms with Gasteiger partial charge >= 0.3 is 10.1 Å². The maximum atomic E-state index is 11.0. The molecule has 0 spiro atoms. The third-order valence-corrected chi connectivity index (χ3v) is 2.78. The van der Waals surface area contributed by atoms with Gasteiger partial charge in [-0.15, -0.1) is 0 Å². The number of hydrogen-bond acceptors (Lipinski definition) is 4. The second kappa shape index (κ2) is 3.38. The van der Waals surface area contributed by atoms with Gasteiger partial charge in [0.25, 0.3) is 0 Å². The Morgan fingerprint density at radius 2 is 2.06 bits per heavy atom. The van der Waals surface area contributed by atoms with E-state index in [1.807, 2.05) is 19.9 Å². The van der Waals surface area contributed by atoms with Crippen LogP contribution in [0.2, 0.25) is 0 Å². The second-order valence-corrected chi connectivity index (χ2v) is 6.17. The molecule has 4 nitrogen and oxygen atoms in total. The van der Waals surface area contributed by atoms with Gasteiger partial charge in [-0.25, -0.2) is 0 Å². The monoisotopic (exact) mass is 242 g/mol. The Morgan fingerprint density at radius 3 is 2.69 bits per heavy atom. The van der Waals surface area contributed by atoms with Crippen LogP contribution in [-0.2, 0) is 16.5 Å². The molecule has 0 unspecified atom stereocenters. The summed E-state index contributed by atoms with van der Waals surface area (Å²) in [5.74, 6) is 0.991. The van der Waals surface area contributed by atoms with Gasteiger partial charge in [0.1, 0.15) is 17.1 Å². The van der Waals surface area contributed by atoms with E-state index in [0.717, 1.165) is 18.2 Å². The van der Waals surface area contributed by atoms with E-state index in [0.29, 0.717) is 11.5 Å². The van der Waals surface area contributed by atoms with Crippen LogP contribution in [0.5, 0.6) is 11.5 Å². The van der Waals surface area contributed by atoms with Crippen molar-refractivity contribution in [1.82, 2.24) is 0 Å². The lowest BCUT2D eigenvalue weighted by Gasteiger charge is -2.16. The molecule has 0 aliphatic carbocycles. The Labute approximate surface area is 95.3 Å². The summed E-state index contributed by atoms with van der Waals surface area (Å²) < 4.78 is 32.4. The van der Waals surface area contributed by atoms with Crippen LogP contribution in [0.4, 0.5) is 0 Å². The van der Waals surface area contributed by atoms with Crippen molar-refractivity contribution in [2.24, 2.45) is 0 Å². The molecule has 0 radical (unpaired) electrons. The lowest BCUT2D eigenvalue weighted by atomic mass is 10.0. The van der Waals surface area contributed by atoms with Gasteiger partial charge in [-0.1, -0.05) is 6.07 Å². The fourth-order valence-corrected chi connectivity index (χ4v) is 2.25. The number of hydrogen-bond donors (Lipinski definition) is 0. The predicted molar refractivity (Wildman–Crippen MR) is 60.3 cm³/mol. The van der Waals surface area contributed by atoms with Crippen molar-refractivity contribution < 1.29 is 17.3 Å². The van der Waals surface area contributed by atoms with E-state index in [4.69, 9.17) is 8.92 Å². The Kier molecular flexibility index (Phi) is 2.38. The molecule has 1 aliphatic heterocycles. The Balaban J connectivity index is 2.30. The molecule has 0 amide bonds. The molecule has 5 heteroatoms. The highest BCUT2D eigenvalue weighted by atomic mass is 32.2. The van der Waals surface area contributed by atoms with Gasteiger partial charge < -0.3 is 8.92 Å². The molecule has 0 atom stereocenters. The summed E-state index contributed by atoms with van der Waals surface area (Å²) >= 11 is 0. The van der Waals surface area contributed by atoms with Gasteiger partial charge in [-0.2, -0.15) is 8.42 Å². The van der Waals surface area contributed by atoms with E-state index in [-0.39, 0.29) is 5.60 Å². The van der Waals surface area contributed by atoms with Crippen molar-refractivity contribution in [2.75, 3.05) is 6.26 Å². The summed E-state index contributed by atoms with van der Waals surface area (Å²) in [6.45, 7) is 3.98. The van der Waals surface area contributed by atoms with Crippen molar-refractivity contribution in [2.45, 2.75) is 25.9 Å². The third kappa shape index (κ3) is 2.47. The van der Waals surface area contributed by atoms with Crippen molar-refractivity contribution in [3.63, 3.8) is 0 Å². The molecular weight excluding hydrogens is 228 g/mol. The summed E-state index contributed by atoms with van der Waals surface area (Å²) in [5.41, 5.74) is 0.845. The Morgan fingerprint density at radius 1 is 1.38 bits per heavy atom. The van der Waals surface area contributed by atoms with Crippen molar-refractivity contribution in [3.05, 3.63) is 23.8 Å². The zero-order chi connectivity index (χ0) is 12.0. The molecule has 0 saturated carbocycles.